The summed E-state index contributed by atoms with van der Waals surface area (Å²) in [4.78, 5) is 45.6. The van der Waals surface area contributed by atoms with E-state index < -0.39 is 11.5 Å². The van der Waals surface area contributed by atoms with E-state index in [4.69, 9.17) is 0 Å². The molecule has 3 aromatic heterocycles. The standard InChI is InChI=1S/C18H18N4O4S/c1-2-3-7-20-13(23)9-22-15(11-5-4-6-19-8-11)21-16-14(17(22)24)12(10-27-16)18(25)26/h4-6,8,10H,2-3,7,9H2,1H3,(H,20,23)(H,25,26). The molecule has 140 valence electrons. The third-order valence-corrected chi connectivity index (χ3v) is 4.87. The number of nitrogens with one attached hydrogen (secondary N) is 1. The number of unbranched alkanes of at least 4 members (excludes halogenated alkanes) is 1. The molecule has 0 spiro atoms. The molecule has 3 heterocycles. The van der Waals surface area contributed by atoms with Crippen LogP contribution in [0.3, 0.4) is 0 Å². The average Bonchev–Trinajstić information content (AvgIpc) is 3.09. The van der Waals surface area contributed by atoms with Gasteiger partial charge >= 0.3 is 5.97 Å². The molecule has 27 heavy (non-hydrogen) atoms. The summed E-state index contributed by atoms with van der Waals surface area (Å²) in [5, 5.41) is 13.5. The van der Waals surface area contributed by atoms with E-state index in [9.17, 15) is 19.5 Å². The summed E-state index contributed by atoms with van der Waals surface area (Å²) in [7, 11) is 0. The topological polar surface area (TPSA) is 114 Å². The van der Waals surface area contributed by atoms with Gasteiger partial charge in [0.1, 0.15) is 17.2 Å². The van der Waals surface area contributed by atoms with Gasteiger partial charge in [-0.1, -0.05) is 13.3 Å². The van der Waals surface area contributed by atoms with Crippen molar-refractivity contribution in [1.29, 1.82) is 0 Å². The highest BCUT2D eigenvalue weighted by molar-refractivity contribution is 7.17. The lowest BCUT2D eigenvalue weighted by Crippen LogP contribution is -2.34. The van der Waals surface area contributed by atoms with Gasteiger partial charge in [-0.15, -0.1) is 11.3 Å². The second kappa shape index (κ2) is 8.09. The molecule has 3 rings (SSSR count). The summed E-state index contributed by atoms with van der Waals surface area (Å²) in [6, 6.07) is 3.44. The van der Waals surface area contributed by atoms with Crippen molar-refractivity contribution in [3.8, 4) is 11.4 Å². The summed E-state index contributed by atoms with van der Waals surface area (Å²) >= 11 is 1.08. The third-order valence-electron chi connectivity index (χ3n) is 4.00. The second-order valence-electron chi connectivity index (χ2n) is 5.91. The number of carbonyl (C=O) groups is 2. The highest BCUT2D eigenvalue weighted by Crippen LogP contribution is 2.25. The van der Waals surface area contributed by atoms with E-state index in [1.165, 1.54) is 9.95 Å². The molecule has 0 fully saturated rings. The first-order valence-electron chi connectivity index (χ1n) is 8.45. The van der Waals surface area contributed by atoms with Crippen molar-refractivity contribution >= 4 is 33.4 Å². The molecule has 3 aromatic rings. The van der Waals surface area contributed by atoms with Gasteiger partial charge in [-0.3, -0.25) is 19.1 Å². The van der Waals surface area contributed by atoms with Crippen LogP contribution in [0.4, 0.5) is 0 Å². The van der Waals surface area contributed by atoms with Crippen molar-refractivity contribution in [3.05, 3.63) is 45.8 Å². The summed E-state index contributed by atoms with van der Waals surface area (Å²) in [6.07, 6.45) is 4.91. The van der Waals surface area contributed by atoms with Crippen LogP contribution in [0.1, 0.15) is 30.1 Å². The Kier molecular flexibility index (Phi) is 5.60. The molecule has 0 saturated heterocycles. The van der Waals surface area contributed by atoms with Crippen LogP contribution in [0.25, 0.3) is 21.6 Å². The van der Waals surface area contributed by atoms with E-state index >= 15 is 0 Å². The molecular weight excluding hydrogens is 368 g/mol. The molecular formula is C18H18N4O4S. The maximum Gasteiger partial charge on any atom is 0.337 e. The molecule has 0 aliphatic heterocycles. The van der Waals surface area contributed by atoms with E-state index in [2.05, 4.69) is 15.3 Å². The number of fused-ring (bicyclic) bond motifs is 1. The van der Waals surface area contributed by atoms with Crippen LogP contribution >= 0.6 is 11.3 Å². The number of carbonyl (C=O) groups excluding carboxylic acids is 1. The van der Waals surface area contributed by atoms with E-state index in [0.717, 1.165) is 24.2 Å². The lowest BCUT2D eigenvalue weighted by Gasteiger charge is -2.12. The Labute approximate surface area is 158 Å². The van der Waals surface area contributed by atoms with Crippen molar-refractivity contribution < 1.29 is 14.7 Å². The van der Waals surface area contributed by atoms with Crippen LogP contribution in [0, 0.1) is 0 Å². The average molecular weight is 386 g/mol. The fourth-order valence-electron chi connectivity index (χ4n) is 2.65. The van der Waals surface area contributed by atoms with E-state index in [1.807, 2.05) is 6.92 Å². The predicted molar refractivity (Wildman–Crippen MR) is 102 cm³/mol. The summed E-state index contributed by atoms with van der Waals surface area (Å²) < 4.78 is 1.21. The summed E-state index contributed by atoms with van der Waals surface area (Å²) in [5.74, 6) is -1.25. The third kappa shape index (κ3) is 3.87. The Morgan fingerprint density at radius 3 is 2.85 bits per heavy atom. The molecule has 0 bridgehead atoms. The molecule has 2 N–H and O–H groups in total. The number of aromatic nitrogens is 3. The molecule has 0 aliphatic rings. The molecule has 0 aliphatic carbocycles. The normalized spacial score (nSPS) is 10.9. The molecule has 9 heteroatoms. The van der Waals surface area contributed by atoms with Gasteiger partial charge in [-0.25, -0.2) is 9.78 Å². The van der Waals surface area contributed by atoms with Crippen molar-refractivity contribution in [2.24, 2.45) is 0 Å². The molecule has 0 atom stereocenters. The van der Waals surface area contributed by atoms with E-state index in [-0.39, 0.29) is 29.2 Å². The van der Waals surface area contributed by atoms with E-state index in [0.29, 0.717) is 16.9 Å². The van der Waals surface area contributed by atoms with Crippen LogP contribution in [0.15, 0.2) is 34.7 Å². The largest absolute Gasteiger partial charge is 0.478 e. The zero-order valence-electron chi connectivity index (χ0n) is 14.6. The Hall–Kier alpha value is -3.07. The lowest BCUT2D eigenvalue weighted by molar-refractivity contribution is -0.121. The first-order valence-corrected chi connectivity index (χ1v) is 9.33. The molecule has 0 aromatic carbocycles. The number of rotatable bonds is 7. The van der Waals surface area contributed by atoms with Gasteiger partial charge in [0.25, 0.3) is 5.56 Å². The lowest BCUT2D eigenvalue weighted by atomic mass is 10.2. The number of carboxylic acid groups (broad SMARTS) is 1. The van der Waals surface area contributed by atoms with Gasteiger partial charge in [0.05, 0.1) is 10.9 Å². The Balaban J connectivity index is 2.13. The zero-order valence-corrected chi connectivity index (χ0v) is 15.5. The van der Waals surface area contributed by atoms with Crippen LogP contribution in [-0.2, 0) is 11.3 Å². The Morgan fingerprint density at radius 2 is 2.19 bits per heavy atom. The molecule has 0 unspecified atom stereocenters. The van der Waals surface area contributed by atoms with Gasteiger partial charge in [0, 0.05) is 29.9 Å². The van der Waals surface area contributed by atoms with E-state index in [1.54, 1.807) is 24.5 Å². The SMILES string of the molecule is CCCCNC(=O)Cn1c(-c2cccnc2)nc2scc(C(=O)O)c2c1=O. The fraction of sp³-hybridized carbons (Fsp3) is 0.278. The number of pyridine rings is 1. The van der Waals surface area contributed by atoms with Crippen LogP contribution < -0.4 is 10.9 Å². The molecule has 1 amide bonds. The zero-order chi connectivity index (χ0) is 19.4. The van der Waals surface area contributed by atoms with Crippen molar-refractivity contribution in [2.75, 3.05) is 6.54 Å². The molecule has 0 saturated carbocycles. The minimum atomic E-state index is -1.20. The van der Waals surface area contributed by atoms with Crippen molar-refractivity contribution in [1.82, 2.24) is 19.9 Å². The van der Waals surface area contributed by atoms with Gasteiger partial charge in [-0.2, -0.15) is 0 Å². The number of carboxylic acids is 1. The Morgan fingerprint density at radius 1 is 1.37 bits per heavy atom. The number of thiophene rings is 1. The number of hydrogen-bond acceptors (Lipinski definition) is 6. The highest BCUT2D eigenvalue weighted by Gasteiger charge is 2.21. The number of hydrogen-bond donors (Lipinski definition) is 2. The minimum absolute atomic E-state index is 0.0153. The first kappa shape index (κ1) is 18.7. The van der Waals surface area contributed by atoms with Crippen molar-refractivity contribution in [2.45, 2.75) is 26.3 Å². The number of aromatic carboxylic acids is 1. The fourth-order valence-corrected chi connectivity index (χ4v) is 3.55. The molecule has 8 nitrogen and oxygen atoms in total. The van der Waals surface area contributed by atoms with Gasteiger partial charge in [-0.05, 0) is 18.6 Å². The molecule has 0 radical (unpaired) electrons. The second-order valence-corrected chi connectivity index (χ2v) is 6.76. The maximum atomic E-state index is 13.0. The quantitative estimate of drug-likeness (QED) is 0.601. The van der Waals surface area contributed by atoms with Gasteiger partial charge < -0.3 is 10.4 Å². The minimum Gasteiger partial charge on any atom is -0.478 e. The van der Waals surface area contributed by atoms with Crippen LogP contribution in [-0.4, -0.2) is 38.1 Å². The van der Waals surface area contributed by atoms with Crippen molar-refractivity contribution in [3.63, 3.8) is 0 Å². The van der Waals surface area contributed by atoms with Gasteiger partial charge in [0.15, 0.2) is 0 Å². The highest BCUT2D eigenvalue weighted by atomic mass is 32.1. The number of amides is 1. The van der Waals surface area contributed by atoms with Crippen LogP contribution in [0.5, 0.6) is 0 Å². The Bertz CT molecular complexity index is 1040. The first-order chi connectivity index (χ1) is 13.0. The monoisotopic (exact) mass is 386 g/mol. The maximum absolute atomic E-state index is 13.0. The summed E-state index contributed by atoms with van der Waals surface area (Å²) in [6.45, 7) is 2.28. The predicted octanol–water partition coefficient (Wildman–Crippen LogP) is 2.13. The summed E-state index contributed by atoms with van der Waals surface area (Å²) in [5.41, 5.74) is -0.0864. The number of nitrogens with zero attached hydrogens (tertiary/aromatic N) is 3. The smallest absolute Gasteiger partial charge is 0.337 e. The van der Waals surface area contributed by atoms with Crippen LogP contribution in [0.2, 0.25) is 0 Å². The van der Waals surface area contributed by atoms with Gasteiger partial charge in [0.2, 0.25) is 5.91 Å².